The van der Waals surface area contributed by atoms with E-state index in [9.17, 15) is 9.59 Å². The van der Waals surface area contributed by atoms with Crippen LogP contribution >= 0.6 is 0 Å². The predicted molar refractivity (Wildman–Crippen MR) is 67.4 cm³/mol. The molecule has 0 bridgehead atoms. The molecule has 18 heavy (non-hydrogen) atoms. The molecule has 1 N–H and O–H groups in total. The highest BCUT2D eigenvalue weighted by Crippen LogP contribution is 2.19. The summed E-state index contributed by atoms with van der Waals surface area (Å²) in [6, 6.07) is 0.0423. The van der Waals surface area contributed by atoms with E-state index in [0.29, 0.717) is 19.5 Å². The molecule has 5 nitrogen and oxygen atoms in total. The molecule has 2 saturated heterocycles. The molecule has 2 rings (SSSR count). The molecule has 2 fully saturated rings. The second-order valence-corrected chi connectivity index (χ2v) is 5.31. The molecular formula is C13H22N2O3. The van der Waals surface area contributed by atoms with Crippen LogP contribution in [0.2, 0.25) is 0 Å². The van der Waals surface area contributed by atoms with E-state index in [1.807, 2.05) is 4.90 Å². The van der Waals surface area contributed by atoms with Crippen molar-refractivity contribution in [3.63, 3.8) is 0 Å². The van der Waals surface area contributed by atoms with E-state index < -0.39 is 5.97 Å². The topological polar surface area (TPSA) is 60.9 Å². The third-order valence-corrected chi connectivity index (χ3v) is 3.93. The quantitative estimate of drug-likeness (QED) is 0.776. The Morgan fingerprint density at radius 2 is 1.50 bits per heavy atom. The fourth-order valence-electron chi connectivity index (χ4n) is 2.77. The van der Waals surface area contributed by atoms with E-state index in [4.69, 9.17) is 5.11 Å². The Kier molecular flexibility index (Phi) is 4.44. The van der Waals surface area contributed by atoms with Crippen molar-refractivity contribution in [2.24, 2.45) is 5.92 Å². The van der Waals surface area contributed by atoms with Gasteiger partial charge in [0.25, 0.3) is 0 Å². The molecule has 0 aromatic carbocycles. The summed E-state index contributed by atoms with van der Waals surface area (Å²) in [5.74, 6) is -1.15. The van der Waals surface area contributed by atoms with E-state index in [-0.39, 0.29) is 11.9 Å². The van der Waals surface area contributed by atoms with Gasteiger partial charge in [0.2, 0.25) is 0 Å². The van der Waals surface area contributed by atoms with E-state index in [0.717, 1.165) is 25.9 Å². The number of amides is 2. The molecule has 2 aliphatic heterocycles. The highest BCUT2D eigenvalue weighted by atomic mass is 16.4. The third kappa shape index (κ3) is 3.15. The monoisotopic (exact) mass is 254 g/mol. The first-order valence-corrected chi connectivity index (χ1v) is 6.95. The fraction of sp³-hybridized carbons (Fsp3) is 0.846. The summed E-state index contributed by atoms with van der Waals surface area (Å²) in [5.41, 5.74) is 0. The normalized spacial score (nSPS) is 25.7. The second-order valence-electron chi connectivity index (χ2n) is 5.31. The predicted octanol–water partition coefficient (Wildman–Crippen LogP) is 1.78. The Labute approximate surface area is 108 Å². The number of carbonyl (C=O) groups excluding carboxylic acids is 1. The smallest absolute Gasteiger partial charge is 0.320 e. The van der Waals surface area contributed by atoms with Gasteiger partial charge in [-0.15, -0.1) is 0 Å². The first-order valence-electron chi connectivity index (χ1n) is 6.95. The van der Waals surface area contributed by atoms with Crippen LogP contribution in [0.15, 0.2) is 0 Å². The van der Waals surface area contributed by atoms with Gasteiger partial charge in [-0.05, 0) is 19.3 Å². The number of rotatable bonds is 1. The number of carboxylic acids is 1. The van der Waals surface area contributed by atoms with Crippen molar-refractivity contribution in [3.8, 4) is 0 Å². The maximum Gasteiger partial charge on any atom is 0.320 e. The maximum absolute atomic E-state index is 12.3. The van der Waals surface area contributed by atoms with Gasteiger partial charge in [-0.25, -0.2) is 4.79 Å². The van der Waals surface area contributed by atoms with Gasteiger partial charge in [0.15, 0.2) is 0 Å². The average molecular weight is 254 g/mol. The molecule has 102 valence electrons. The summed E-state index contributed by atoms with van der Waals surface area (Å²) in [6.45, 7) is 2.62. The van der Waals surface area contributed by atoms with Gasteiger partial charge in [0.05, 0.1) is 5.92 Å². The largest absolute Gasteiger partial charge is 0.481 e. The van der Waals surface area contributed by atoms with Crippen LogP contribution in [0.1, 0.15) is 38.5 Å². The van der Waals surface area contributed by atoms with Crippen molar-refractivity contribution in [2.45, 2.75) is 38.5 Å². The minimum Gasteiger partial charge on any atom is -0.481 e. The van der Waals surface area contributed by atoms with Gasteiger partial charge in [-0.2, -0.15) is 0 Å². The van der Waals surface area contributed by atoms with Crippen LogP contribution in [0.3, 0.4) is 0 Å². The number of nitrogens with zero attached hydrogens (tertiary/aromatic N) is 2. The molecule has 0 aromatic heterocycles. The molecular weight excluding hydrogens is 232 g/mol. The summed E-state index contributed by atoms with van der Waals surface area (Å²) in [6.07, 6.45) is 6.40. The van der Waals surface area contributed by atoms with Gasteiger partial charge >= 0.3 is 12.0 Å². The Morgan fingerprint density at radius 3 is 2.06 bits per heavy atom. The van der Waals surface area contributed by atoms with Gasteiger partial charge in [-0.1, -0.05) is 19.3 Å². The van der Waals surface area contributed by atoms with Crippen LogP contribution in [-0.4, -0.2) is 53.1 Å². The third-order valence-electron chi connectivity index (χ3n) is 3.93. The van der Waals surface area contributed by atoms with Gasteiger partial charge in [0, 0.05) is 26.2 Å². The molecule has 0 spiro atoms. The lowest BCUT2D eigenvalue weighted by Gasteiger charge is -2.29. The molecule has 0 aromatic rings. The lowest BCUT2D eigenvalue weighted by molar-refractivity contribution is -0.141. The zero-order chi connectivity index (χ0) is 13.0. The number of urea groups is 1. The lowest BCUT2D eigenvalue weighted by atomic mass is 10.1. The van der Waals surface area contributed by atoms with Gasteiger partial charge in [-0.3, -0.25) is 4.79 Å². The van der Waals surface area contributed by atoms with Crippen LogP contribution in [0, 0.1) is 5.92 Å². The molecule has 0 aliphatic carbocycles. The summed E-state index contributed by atoms with van der Waals surface area (Å²) >= 11 is 0. The summed E-state index contributed by atoms with van der Waals surface area (Å²) in [4.78, 5) is 26.8. The maximum atomic E-state index is 12.3. The van der Waals surface area contributed by atoms with E-state index in [1.54, 1.807) is 4.90 Å². The zero-order valence-corrected chi connectivity index (χ0v) is 10.8. The Hall–Kier alpha value is -1.26. The Bertz CT molecular complexity index is 311. The molecule has 0 radical (unpaired) electrons. The van der Waals surface area contributed by atoms with Crippen LogP contribution in [0.4, 0.5) is 4.79 Å². The fourth-order valence-corrected chi connectivity index (χ4v) is 2.77. The standard InChI is InChI=1S/C13H22N2O3/c16-12(17)11-6-9-15(10-11)13(18)14-7-4-2-1-3-5-8-14/h11H,1-10H2,(H,16,17). The zero-order valence-electron chi connectivity index (χ0n) is 10.8. The van der Waals surface area contributed by atoms with Gasteiger partial charge in [0.1, 0.15) is 0 Å². The summed E-state index contributed by atoms with van der Waals surface area (Å²) in [7, 11) is 0. The summed E-state index contributed by atoms with van der Waals surface area (Å²) in [5, 5.41) is 8.95. The number of carboxylic acid groups (broad SMARTS) is 1. The van der Waals surface area contributed by atoms with Crippen molar-refractivity contribution in [1.29, 1.82) is 0 Å². The van der Waals surface area contributed by atoms with E-state index in [1.165, 1.54) is 19.3 Å². The van der Waals surface area contributed by atoms with Crippen LogP contribution < -0.4 is 0 Å². The van der Waals surface area contributed by atoms with Crippen molar-refractivity contribution in [3.05, 3.63) is 0 Å². The van der Waals surface area contributed by atoms with E-state index >= 15 is 0 Å². The molecule has 2 heterocycles. The van der Waals surface area contributed by atoms with Gasteiger partial charge < -0.3 is 14.9 Å². The minimum atomic E-state index is -0.780. The van der Waals surface area contributed by atoms with Crippen LogP contribution in [0.5, 0.6) is 0 Å². The Balaban J connectivity index is 1.88. The second kappa shape index (κ2) is 6.07. The average Bonchev–Trinajstić information content (AvgIpc) is 2.77. The SMILES string of the molecule is O=C(O)C1CCN(C(=O)N2CCCCCCC2)C1. The highest BCUT2D eigenvalue weighted by Gasteiger charge is 2.32. The first kappa shape index (κ1) is 13.2. The number of hydrogen-bond acceptors (Lipinski definition) is 2. The van der Waals surface area contributed by atoms with Crippen molar-refractivity contribution in [1.82, 2.24) is 9.80 Å². The van der Waals surface area contributed by atoms with Crippen molar-refractivity contribution < 1.29 is 14.7 Å². The highest BCUT2D eigenvalue weighted by molar-refractivity contribution is 5.77. The molecule has 2 aliphatic rings. The molecule has 1 atom stereocenters. The lowest BCUT2D eigenvalue weighted by Crippen LogP contribution is -2.43. The molecule has 0 saturated carbocycles. The number of aliphatic carboxylic acids is 1. The number of likely N-dealkylation sites (tertiary alicyclic amines) is 2. The van der Waals surface area contributed by atoms with E-state index in [2.05, 4.69) is 0 Å². The Morgan fingerprint density at radius 1 is 0.889 bits per heavy atom. The number of carbonyl (C=O) groups is 2. The summed E-state index contributed by atoms with van der Waals surface area (Å²) < 4.78 is 0. The van der Waals surface area contributed by atoms with Crippen LogP contribution in [0.25, 0.3) is 0 Å². The minimum absolute atomic E-state index is 0.0423. The van der Waals surface area contributed by atoms with Crippen molar-refractivity contribution in [2.75, 3.05) is 26.2 Å². The first-order chi connectivity index (χ1) is 8.68. The van der Waals surface area contributed by atoms with Crippen molar-refractivity contribution >= 4 is 12.0 Å². The molecule has 2 amide bonds. The number of hydrogen-bond donors (Lipinski definition) is 1. The molecule has 1 unspecified atom stereocenters. The molecule has 5 heteroatoms. The van der Waals surface area contributed by atoms with Crippen LogP contribution in [-0.2, 0) is 4.79 Å².